The molecule has 2 amide bonds. The van der Waals surface area contributed by atoms with E-state index < -0.39 is 28.6 Å². The molecular formula is C26H38N4O5. The number of pyridine rings is 1. The van der Waals surface area contributed by atoms with Crippen molar-refractivity contribution in [1.82, 2.24) is 15.6 Å². The lowest BCUT2D eigenvalue weighted by molar-refractivity contribution is -0.142. The summed E-state index contributed by atoms with van der Waals surface area (Å²) < 4.78 is 5.53. The molecule has 35 heavy (non-hydrogen) atoms. The van der Waals surface area contributed by atoms with Crippen LogP contribution in [0.1, 0.15) is 90.2 Å². The van der Waals surface area contributed by atoms with Crippen LogP contribution in [0.4, 0.5) is 10.6 Å². The molecule has 2 saturated carbocycles. The van der Waals surface area contributed by atoms with Crippen LogP contribution in [-0.2, 0) is 26.3 Å². The predicted octanol–water partition coefficient (Wildman–Crippen LogP) is 3.64. The van der Waals surface area contributed by atoms with Crippen molar-refractivity contribution >= 4 is 23.8 Å². The lowest BCUT2D eigenvalue weighted by Crippen LogP contribution is -2.56. The Balaban J connectivity index is 1.61. The Labute approximate surface area is 207 Å². The van der Waals surface area contributed by atoms with E-state index in [9.17, 15) is 19.5 Å². The van der Waals surface area contributed by atoms with Crippen molar-refractivity contribution < 1.29 is 24.2 Å². The number of amides is 2. The molecule has 2 fully saturated rings. The number of carbonyl (C=O) groups excluding carboxylic acids is 2. The number of ether oxygens (including phenoxy) is 1. The highest BCUT2D eigenvalue weighted by atomic mass is 16.6. The monoisotopic (exact) mass is 486 g/mol. The number of hydrogen-bond donors (Lipinski definition) is 3. The normalized spacial score (nSPS) is 23.8. The summed E-state index contributed by atoms with van der Waals surface area (Å²) in [6.07, 6.45) is 8.75. The van der Waals surface area contributed by atoms with Crippen LogP contribution in [0.5, 0.6) is 0 Å². The maximum Gasteiger partial charge on any atom is 0.416 e. The third-order valence-corrected chi connectivity index (χ3v) is 7.58. The first-order chi connectivity index (χ1) is 16.5. The smallest absolute Gasteiger partial charge is 0.416 e. The summed E-state index contributed by atoms with van der Waals surface area (Å²) in [7, 11) is 0. The molecule has 0 aromatic carbocycles. The summed E-state index contributed by atoms with van der Waals surface area (Å²) >= 11 is 0. The topological polar surface area (TPSA) is 121 Å². The largest absolute Gasteiger partial charge is 0.481 e. The molecule has 3 N–H and O–H groups in total. The molecular weight excluding hydrogens is 448 g/mol. The second kappa shape index (κ2) is 9.41. The Morgan fingerprint density at radius 1 is 1.17 bits per heavy atom. The molecule has 3 aliphatic rings. The third kappa shape index (κ3) is 5.01. The average molecular weight is 487 g/mol. The Kier molecular flexibility index (Phi) is 6.83. The van der Waals surface area contributed by atoms with Crippen LogP contribution >= 0.6 is 0 Å². The second-order valence-electron chi connectivity index (χ2n) is 11.5. The summed E-state index contributed by atoms with van der Waals surface area (Å²) in [6, 6.07) is 2.02. The van der Waals surface area contributed by atoms with Gasteiger partial charge in [-0.15, -0.1) is 0 Å². The molecule has 9 heteroatoms. The van der Waals surface area contributed by atoms with Gasteiger partial charge in [0.25, 0.3) is 0 Å². The third-order valence-electron chi connectivity index (χ3n) is 7.58. The summed E-state index contributed by atoms with van der Waals surface area (Å²) in [4.78, 5) is 44.4. The SMILES string of the molecule is CC(C)(C)OC(=O)N1CC(C)(C(=O)O)c2c(CNC3(C(=O)NC4CCCC4)CCCC3)ccnc21. The molecule has 1 aromatic rings. The van der Waals surface area contributed by atoms with E-state index in [0.29, 0.717) is 17.9 Å². The zero-order chi connectivity index (χ0) is 25.4. The van der Waals surface area contributed by atoms with Crippen molar-refractivity contribution in [3.63, 3.8) is 0 Å². The fraction of sp³-hybridized carbons (Fsp3) is 0.692. The number of rotatable bonds is 6. The van der Waals surface area contributed by atoms with E-state index in [0.717, 1.165) is 56.9 Å². The maximum atomic E-state index is 13.3. The van der Waals surface area contributed by atoms with Crippen LogP contribution in [-0.4, -0.2) is 51.8 Å². The van der Waals surface area contributed by atoms with Gasteiger partial charge < -0.3 is 15.2 Å². The number of aliphatic carboxylic acids is 1. The number of carbonyl (C=O) groups is 3. The molecule has 2 heterocycles. The van der Waals surface area contributed by atoms with E-state index in [4.69, 9.17) is 4.74 Å². The van der Waals surface area contributed by atoms with Crippen molar-refractivity contribution in [3.05, 3.63) is 23.4 Å². The first kappa shape index (κ1) is 25.4. The maximum absolute atomic E-state index is 13.3. The van der Waals surface area contributed by atoms with Crippen molar-refractivity contribution in [3.8, 4) is 0 Å². The molecule has 192 valence electrons. The zero-order valence-corrected chi connectivity index (χ0v) is 21.3. The number of anilines is 1. The van der Waals surface area contributed by atoms with Gasteiger partial charge in [0.2, 0.25) is 5.91 Å². The molecule has 1 aliphatic heterocycles. The first-order valence-corrected chi connectivity index (χ1v) is 12.7. The van der Waals surface area contributed by atoms with E-state index in [1.54, 1.807) is 40.0 Å². The number of hydrogen-bond acceptors (Lipinski definition) is 6. The van der Waals surface area contributed by atoms with Gasteiger partial charge in [-0.05, 0) is 65.0 Å². The summed E-state index contributed by atoms with van der Waals surface area (Å²) in [5.74, 6) is -0.683. The first-order valence-electron chi connectivity index (χ1n) is 12.7. The molecule has 2 aliphatic carbocycles. The number of carboxylic acid groups (broad SMARTS) is 1. The molecule has 0 bridgehead atoms. The van der Waals surface area contributed by atoms with Gasteiger partial charge in [-0.2, -0.15) is 0 Å². The average Bonchev–Trinajstić information content (AvgIpc) is 3.52. The van der Waals surface area contributed by atoms with Gasteiger partial charge in [-0.25, -0.2) is 9.78 Å². The Bertz CT molecular complexity index is 992. The Morgan fingerprint density at radius 2 is 1.83 bits per heavy atom. The van der Waals surface area contributed by atoms with Crippen molar-refractivity contribution in [2.75, 3.05) is 11.4 Å². The van der Waals surface area contributed by atoms with Crippen molar-refractivity contribution in [2.45, 2.75) is 108 Å². The predicted molar refractivity (Wildman–Crippen MR) is 131 cm³/mol. The molecule has 0 saturated heterocycles. The number of carboxylic acids is 1. The fourth-order valence-corrected chi connectivity index (χ4v) is 5.68. The molecule has 0 spiro atoms. The molecule has 4 rings (SSSR count). The van der Waals surface area contributed by atoms with Crippen molar-refractivity contribution in [2.24, 2.45) is 0 Å². The number of nitrogens with zero attached hydrogens (tertiary/aromatic N) is 2. The van der Waals surface area contributed by atoms with Crippen LogP contribution in [0.15, 0.2) is 12.3 Å². The van der Waals surface area contributed by atoms with E-state index in [-0.39, 0.29) is 18.5 Å². The Hall–Kier alpha value is -2.68. The van der Waals surface area contributed by atoms with Gasteiger partial charge in [0.1, 0.15) is 16.8 Å². The lowest BCUT2D eigenvalue weighted by Gasteiger charge is -2.31. The minimum Gasteiger partial charge on any atom is -0.481 e. The lowest BCUT2D eigenvalue weighted by atomic mass is 9.82. The molecule has 0 radical (unpaired) electrons. The van der Waals surface area contributed by atoms with Crippen LogP contribution in [0.3, 0.4) is 0 Å². The van der Waals surface area contributed by atoms with Gasteiger partial charge in [-0.3, -0.25) is 19.8 Å². The van der Waals surface area contributed by atoms with Gasteiger partial charge >= 0.3 is 12.1 Å². The highest BCUT2D eigenvalue weighted by molar-refractivity contribution is 5.97. The van der Waals surface area contributed by atoms with Gasteiger partial charge in [-0.1, -0.05) is 25.7 Å². The molecule has 9 nitrogen and oxygen atoms in total. The summed E-state index contributed by atoms with van der Waals surface area (Å²) in [5.41, 5.74) is -1.50. The molecule has 1 unspecified atom stereocenters. The van der Waals surface area contributed by atoms with Crippen LogP contribution in [0.25, 0.3) is 0 Å². The van der Waals surface area contributed by atoms with E-state index in [1.165, 1.54) is 4.90 Å². The number of nitrogens with one attached hydrogen (secondary N) is 2. The minimum atomic E-state index is -1.34. The number of aromatic nitrogens is 1. The zero-order valence-electron chi connectivity index (χ0n) is 21.3. The van der Waals surface area contributed by atoms with Gasteiger partial charge in [0.15, 0.2) is 0 Å². The van der Waals surface area contributed by atoms with E-state index >= 15 is 0 Å². The van der Waals surface area contributed by atoms with E-state index in [1.807, 2.05) is 0 Å². The second-order valence-corrected chi connectivity index (χ2v) is 11.5. The van der Waals surface area contributed by atoms with Gasteiger partial charge in [0.05, 0.1) is 12.1 Å². The Morgan fingerprint density at radius 3 is 2.43 bits per heavy atom. The summed E-state index contributed by atoms with van der Waals surface area (Å²) in [6.45, 7) is 7.16. The van der Waals surface area contributed by atoms with Crippen LogP contribution in [0, 0.1) is 0 Å². The molecule has 1 atom stereocenters. The standard InChI is InChI=1S/C26H38N4O5/c1-24(2,3)35-23(34)30-16-25(4,22(32)33)19-17(11-14-27-20(19)30)15-28-26(12-7-8-13-26)21(31)29-18-9-5-6-10-18/h11,14,18,28H,5-10,12-13,15-16H2,1-4H3,(H,29,31)(H,32,33). The highest BCUT2D eigenvalue weighted by Gasteiger charge is 2.51. The van der Waals surface area contributed by atoms with Crippen molar-refractivity contribution in [1.29, 1.82) is 0 Å². The number of fused-ring (bicyclic) bond motifs is 1. The molecule has 1 aromatic heterocycles. The van der Waals surface area contributed by atoms with Crippen LogP contribution < -0.4 is 15.5 Å². The van der Waals surface area contributed by atoms with E-state index in [2.05, 4.69) is 15.6 Å². The minimum absolute atomic E-state index is 0.0454. The highest BCUT2D eigenvalue weighted by Crippen LogP contribution is 2.43. The summed E-state index contributed by atoms with van der Waals surface area (Å²) in [5, 5.41) is 16.9. The van der Waals surface area contributed by atoms with Crippen LogP contribution in [0.2, 0.25) is 0 Å². The quantitative estimate of drug-likeness (QED) is 0.561. The van der Waals surface area contributed by atoms with Gasteiger partial charge in [0, 0.05) is 24.3 Å². The fourth-order valence-electron chi connectivity index (χ4n) is 5.68.